The SMILES string of the molecule is COc1ccc(NS(=O)(=O)c2ccc(NC(=O)[C@@H](C)N(c3cc(C)cc(C)c3)S(C)(=O)=O)cc2)cc1. The quantitative estimate of drug-likeness (QED) is 0.432. The number of rotatable bonds is 9. The standard InChI is InChI=1S/C25H29N3O6S2/c1-17-14-18(2)16-22(15-17)28(35(5,30)31)19(3)25(29)26-20-8-12-24(13-9-20)36(32,33)27-21-6-10-23(34-4)11-7-21/h6-16,19,27H,1-5H3,(H,26,29)/t19-/m1/s1. The van der Waals surface area contributed by atoms with Gasteiger partial charge in [-0.1, -0.05) is 6.07 Å². The first-order valence-electron chi connectivity index (χ1n) is 11.0. The Morgan fingerprint density at radius 3 is 1.89 bits per heavy atom. The number of nitrogens with zero attached hydrogens (tertiary/aromatic N) is 1. The smallest absolute Gasteiger partial charge is 0.261 e. The third kappa shape index (κ3) is 6.55. The van der Waals surface area contributed by atoms with Crippen LogP contribution in [0.4, 0.5) is 17.1 Å². The molecule has 0 bridgehead atoms. The van der Waals surface area contributed by atoms with Gasteiger partial charge in [0.1, 0.15) is 11.8 Å². The monoisotopic (exact) mass is 531 g/mol. The number of aryl methyl sites for hydroxylation is 2. The molecule has 0 saturated heterocycles. The second-order valence-corrected chi connectivity index (χ2v) is 12.0. The van der Waals surface area contributed by atoms with Crippen LogP contribution in [0.5, 0.6) is 5.75 Å². The van der Waals surface area contributed by atoms with Gasteiger partial charge in [0.15, 0.2) is 0 Å². The maximum absolute atomic E-state index is 13.0. The summed E-state index contributed by atoms with van der Waals surface area (Å²) in [5, 5.41) is 2.66. The lowest BCUT2D eigenvalue weighted by atomic mass is 10.1. The Kier molecular flexibility index (Phi) is 7.95. The van der Waals surface area contributed by atoms with Crippen LogP contribution in [-0.2, 0) is 24.8 Å². The fraction of sp³-hybridized carbons (Fsp3) is 0.240. The van der Waals surface area contributed by atoms with E-state index in [1.165, 1.54) is 38.3 Å². The maximum atomic E-state index is 13.0. The van der Waals surface area contributed by atoms with Crippen molar-refractivity contribution in [3.05, 3.63) is 77.9 Å². The summed E-state index contributed by atoms with van der Waals surface area (Å²) in [5.74, 6) is 0.0331. The van der Waals surface area contributed by atoms with E-state index in [9.17, 15) is 21.6 Å². The Morgan fingerprint density at radius 2 is 1.39 bits per heavy atom. The van der Waals surface area contributed by atoms with Crippen molar-refractivity contribution in [1.29, 1.82) is 0 Å². The van der Waals surface area contributed by atoms with Crippen LogP contribution < -0.4 is 19.1 Å². The van der Waals surface area contributed by atoms with Gasteiger partial charge in [-0.15, -0.1) is 0 Å². The summed E-state index contributed by atoms with van der Waals surface area (Å²) in [6, 6.07) is 16.3. The van der Waals surface area contributed by atoms with Crippen molar-refractivity contribution < 1.29 is 26.4 Å². The highest BCUT2D eigenvalue weighted by Gasteiger charge is 2.29. The lowest BCUT2D eigenvalue weighted by Crippen LogP contribution is -2.45. The molecule has 0 radical (unpaired) electrons. The van der Waals surface area contributed by atoms with Crippen LogP contribution in [0.1, 0.15) is 18.1 Å². The molecule has 36 heavy (non-hydrogen) atoms. The fourth-order valence-corrected chi connectivity index (χ4v) is 5.94. The number of hydrogen-bond donors (Lipinski definition) is 2. The number of anilines is 3. The molecule has 192 valence electrons. The highest BCUT2D eigenvalue weighted by Crippen LogP contribution is 2.25. The van der Waals surface area contributed by atoms with E-state index in [4.69, 9.17) is 4.74 Å². The van der Waals surface area contributed by atoms with Crippen molar-refractivity contribution >= 4 is 43.0 Å². The van der Waals surface area contributed by atoms with Crippen LogP contribution >= 0.6 is 0 Å². The van der Waals surface area contributed by atoms with E-state index in [1.54, 1.807) is 36.4 Å². The summed E-state index contributed by atoms with van der Waals surface area (Å²) in [5.41, 5.74) is 2.82. The number of methoxy groups -OCH3 is 1. The molecule has 3 aromatic carbocycles. The number of hydrogen-bond acceptors (Lipinski definition) is 6. The molecule has 0 aromatic heterocycles. The molecule has 1 amide bonds. The van der Waals surface area contributed by atoms with Gasteiger partial charge in [-0.05, 0) is 92.6 Å². The van der Waals surface area contributed by atoms with Gasteiger partial charge in [0.25, 0.3) is 10.0 Å². The van der Waals surface area contributed by atoms with Crippen molar-refractivity contribution in [2.75, 3.05) is 27.7 Å². The van der Waals surface area contributed by atoms with Gasteiger partial charge in [0.05, 0.1) is 23.9 Å². The molecule has 0 aliphatic rings. The van der Waals surface area contributed by atoms with Crippen LogP contribution in [0, 0.1) is 13.8 Å². The molecule has 2 N–H and O–H groups in total. The predicted molar refractivity (Wildman–Crippen MR) is 142 cm³/mol. The number of sulfonamides is 2. The number of benzene rings is 3. The molecular weight excluding hydrogens is 502 g/mol. The van der Waals surface area contributed by atoms with Gasteiger partial charge >= 0.3 is 0 Å². The summed E-state index contributed by atoms with van der Waals surface area (Å²) in [6.07, 6.45) is 1.05. The molecule has 0 saturated carbocycles. The van der Waals surface area contributed by atoms with E-state index < -0.39 is 32.0 Å². The first kappa shape index (κ1) is 27.0. The first-order valence-corrected chi connectivity index (χ1v) is 14.3. The third-order valence-electron chi connectivity index (χ3n) is 5.32. The molecule has 3 rings (SSSR count). The Hall–Kier alpha value is -3.57. The molecule has 0 fully saturated rings. The largest absolute Gasteiger partial charge is 0.497 e. The van der Waals surface area contributed by atoms with Crippen molar-refractivity contribution in [3.8, 4) is 5.75 Å². The van der Waals surface area contributed by atoms with Gasteiger partial charge in [-0.2, -0.15) is 0 Å². The molecule has 0 heterocycles. The predicted octanol–water partition coefficient (Wildman–Crippen LogP) is 3.91. The van der Waals surface area contributed by atoms with Gasteiger partial charge in [-0.3, -0.25) is 13.8 Å². The van der Waals surface area contributed by atoms with Gasteiger partial charge < -0.3 is 10.1 Å². The van der Waals surface area contributed by atoms with E-state index in [0.29, 0.717) is 22.8 Å². The fourth-order valence-electron chi connectivity index (χ4n) is 3.72. The van der Waals surface area contributed by atoms with Crippen LogP contribution in [0.25, 0.3) is 0 Å². The lowest BCUT2D eigenvalue weighted by Gasteiger charge is -2.28. The summed E-state index contributed by atoms with van der Waals surface area (Å²) < 4.78 is 59.1. The van der Waals surface area contributed by atoms with Crippen LogP contribution in [0.15, 0.2) is 71.6 Å². The minimum Gasteiger partial charge on any atom is -0.497 e. The number of carbonyl (C=O) groups is 1. The van der Waals surface area contributed by atoms with Crippen molar-refractivity contribution in [2.45, 2.75) is 31.7 Å². The summed E-state index contributed by atoms with van der Waals surface area (Å²) in [7, 11) is -6.12. The maximum Gasteiger partial charge on any atom is 0.261 e. The Morgan fingerprint density at radius 1 is 0.861 bits per heavy atom. The molecule has 0 aliphatic carbocycles. The molecule has 11 heteroatoms. The van der Waals surface area contributed by atoms with Crippen LogP contribution in [-0.4, -0.2) is 42.2 Å². The second-order valence-electron chi connectivity index (χ2n) is 8.43. The minimum absolute atomic E-state index is 0.00244. The van der Waals surface area contributed by atoms with Gasteiger partial charge in [-0.25, -0.2) is 16.8 Å². The van der Waals surface area contributed by atoms with E-state index in [0.717, 1.165) is 21.7 Å². The zero-order valence-electron chi connectivity index (χ0n) is 20.6. The summed E-state index contributed by atoms with van der Waals surface area (Å²) in [4.78, 5) is 13.0. The zero-order chi connectivity index (χ0) is 26.7. The molecule has 3 aromatic rings. The molecule has 9 nitrogen and oxygen atoms in total. The Bertz CT molecular complexity index is 1430. The van der Waals surface area contributed by atoms with Gasteiger partial charge in [0.2, 0.25) is 15.9 Å². The average Bonchev–Trinajstić information content (AvgIpc) is 2.78. The summed E-state index contributed by atoms with van der Waals surface area (Å²) >= 11 is 0. The highest BCUT2D eigenvalue weighted by atomic mass is 32.2. The average molecular weight is 532 g/mol. The molecular formula is C25H29N3O6S2. The summed E-state index contributed by atoms with van der Waals surface area (Å²) in [6.45, 7) is 5.19. The number of nitrogens with one attached hydrogen (secondary N) is 2. The van der Waals surface area contributed by atoms with E-state index in [-0.39, 0.29) is 4.90 Å². The van der Waals surface area contributed by atoms with E-state index in [1.807, 2.05) is 19.9 Å². The highest BCUT2D eigenvalue weighted by molar-refractivity contribution is 7.92. The van der Waals surface area contributed by atoms with E-state index in [2.05, 4.69) is 10.0 Å². The molecule has 0 unspecified atom stereocenters. The molecule has 0 spiro atoms. The molecule has 1 atom stereocenters. The first-order chi connectivity index (χ1) is 16.8. The lowest BCUT2D eigenvalue weighted by molar-refractivity contribution is -0.116. The Balaban J connectivity index is 1.76. The van der Waals surface area contributed by atoms with Crippen LogP contribution in [0.3, 0.4) is 0 Å². The second kappa shape index (κ2) is 10.6. The number of amides is 1. The van der Waals surface area contributed by atoms with Crippen LogP contribution in [0.2, 0.25) is 0 Å². The third-order valence-corrected chi connectivity index (χ3v) is 7.96. The van der Waals surface area contributed by atoms with E-state index >= 15 is 0 Å². The minimum atomic E-state index is -3.86. The van der Waals surface area contributed by atoms with Crippen molar-refractivity contribution in [2.24, 2.45) is 0 Å². The van der Waals surface area contributed by atoms with Crippen molar-refractivity contribution in [1.82, 2.24) is 0 Å². The zero-order valence-corrected chi connectivity index (χ0v) is 22.3. The number of ether oxygens (including phenoxy) is 1. The topological polar surface area (TPSA) is 122 Å². The number of carbonyl (C=O) groups excluding carboxylic acids is 1. The Labute approximate surface area is 212 Å². The van der Waals surface area contributed by atoms with Gasteiger partial charge in [0, 0.05) is 11.4 Å². The van der Waals surface area contributed by atoms with Crippen molar-refractivity contribution in [3.63, 3.8) is 0 Å². The molecule has 0 aliphatic heterocycles. The normalized spacial score (nSPS) is 12.5.